The van der Waals surface area contributed by atoms with Gasteiger partial charge in [0.25, 0.3) is 0 Å². The van der Waals surface area contributed by atoms with Crippen LogP contribution in [0.3, 0.4) is 0 Å². The third kappa shape index (κ3) is 2.07. The van der Waals surface area contributed by atoms with Crippen molar-refractivity contribution in [3.05, 3.63) is 47.2 Å². The van der Waals surface area contributed by atoms with E-state index in [1.54, 1.807) is 19.1 Å². The maximum Gasteiger partial charge on any atom is 0.168 e. The van der Waals surface area contributed by atoms with Gasteiger partial charge in [0.2, 0.25) is 0 Å². The molecule has 0 unspecified atom stereocenters. The number of benzene rings is 1. The van der Waals surface area contributed by atoms with Crippen LogP contribution in [-0.2, 0) is 9.53 Å². The molecule has 1 aliphatic rings. The van der Waals surface area contributed by atoms with Crippen LogP contribution < -0.4 is 0 Å². The van der Waals surface area contributed by atoms with Gasteiger partial charge < -0.3 is 4.74 Å². The first-order valence-electron chi connectivity index (χ1n) is 5.50. The molecule has 1 aromatic rings. The number of Topliss-reactive ketones (excluding diaryl/α,β-unsaturated/α-hetero) is 1. The molecule has 2 rings (SSSR count). The standard InChI is InChI=1S/C14H13NO2/c1-9-8-17-14(10(2)13(9)16)12-5-3-11(7-15)4-6-12/h3-6,8,10,14H,1-2H3/t10-,14-/m1/s1. The fourth-order valence-corrected chi connectivity index (χ4v) is 1.96. The Morgan fingerprint density at radius 1 is 1.29 bits per heavy atom. The molecule has 2 atom stereocenters. The first-order valence-corrected chi connectivity index (χ1v) is 5.50. The van der Waals surface area contributed by atoms with Crippen molar-refractivity contribution in [2.45, 2.75) is 20.0 Å². The van der Waals surface area contributed by atoms with Crippen molar-refractivity contribution in [2.24, 2.45) is 5.92 Å². The van der Waals surface area contributed by atoms with Crippen LogP contribution in [0, 0.1) is 17.2 Å². The summed E-state index contributed by atoms with van der Waals surface area (Å²) in [6.45, 7) is 3.62. The lowest BCUT2D eigenvalue weighted by molar-refractivity contribution is -0.124. The Hall–Kier alpha value is -2.08. The topological polar surface area (TPSA) is 50.1 Å². The van der Waals surface area contributed by atoms with Crippen molar-refractivity contribution >= 4 is 5.78 Å². The van der Waals surface area contributed by atoms with Crippen LogP contribution in [0.4, 0.5) is 0 Å². The minimum atomic E-state index is -0.251. The number of hydrogen-bond donors (Lipinski definition) is 0. The van der Waals surface area contributed by atoms with Gasteiger partial charge in [-0.05, 0) is 24.6 Å². The highest BCUT2D eigenvalue weighted by Gasteiger charge is 2.30. The predicted molar refractivity (Wildman–Crippen MR) is 62.9 cm³/mol. The SMILES string of the molecule is CC1=CO[C@@H](c2ccc(C#N)cc2)[C@H](C)C1=O. The van der Waals surface area contributed by atoms with E-state index in [1.807, 2.05) is 19.1 Å². The number of carbonyl (C=O) groups is 1. The fraction of sp³-hybridized carbons (Fsp3) is 0.286. The average Bonchev–Trinajstić information content (AvgIpc) is 2.36. The number of ketones is 1. The maximum absolute atomic E-state index is 11.8. The second kappa shape index (κ2) is 4.42. The van der Waals surface area contributed by atoms with Gasteiger partial charge in [0.15, 0.2) is 5.78 Å². The molecule has 0 radical (unpaired) electrons. The van der Waals surface area contributed by atoms with Gasteiger partial charge >= 0.3 is 0 Å². The molecule has 0 spiro atoms. The van der Waals surface area contributed by atoms with Gasteiger partial charge in [-0.15, -0.1) is 0 Å². The summed E-state index contributed by atoms with van der Waals surface area (Å²) in [4.78, 5) is 11.8. The van der Waals surface area contributed by atoms with Gasteiger partial charge in [-0.1, -0.05) is 19.1 Å². The summed E-state index contributed by atoms with van der Waals surface area (Å²) in [6.07, 6.45) is 1.27. The van der Waals surface area contributed by atoms with Gasteiger partial charge in [-0.25, -0.2) is 0 Å². The molecule has 0 aromatic heterocycles. The van der Waals surface area contributed by atoms with Crippen molar-refractivity contribution in [1.82, 2.24) is 0 Å². The number of rotatable bonds is 1. The molecule has 17 heavy (non-hydrogen) atoms. The lowest BCUT2D eigenvalue weighted by Gasteiger charge is -2.27. The molecule has 0 amide bonds. The molecule has 0 bridgehead atoms. The third-order valence-corrected chi connectivity index (χ3v) is 3.02. The van der Waals surface area contributed by atoms with Crippen molar-refractivity contribution in [2.75, 3.05) is 0 Å². The highest BCUT2D eigenvalue weighted by molar-refractivity contribution is 5.97. The molecule has 0 fully saturated rings. The molecular weight excluding hydrogens is 214 g/mol. The van der Waals surface area contributed by atoms with E-state index in [-0.39, 0.29) is 17.8 Å². The van der Waals surface area contributed by atoms with Crippen LogP contribution in [0.1, 0.15) is 31.1 Å². The van der Waals surface area contributed by atoms with E-state index < -0.39 is 0 Å². The average molecular weight is 227 g/mol. The number of allylic oxidation sites excluding steroid dienone is 1. The summed E-state index contributed by atoms with van der Waals surface area (Å²) in [5.74, 6) is -0.0708. The Kier molecular flexibility index (Phi) is 2.97. The van der Waals surface area contributed by atoms with E-state index >= 15 is 0 Å². The molecular formula is C14H13NO2. The number of nitriles is 1. The summed E-state index contributed by atoms with van der Waals surface area (Å²) in [5, 5.41) is 8.72. The van der Waals surface area contributed by atoms with E-state index in [1.165, 1.54) is 6.26 Å². The summed E-state index contributed by atoms with van der Waals surface area (Å²) in [5.41, 5.74) is 2.19. The Morgan fingerprint density at radius 2 is 1.94 bits per heavy atom. The first kappa shape index (κ1) is 11.4. The van der Waals surface area contributed by atoms with Crippen LogP contribution in [0.25, 0.3) is 0 Å². The van der Waals surface area contributed by atoms with E-state index in [0.29, 0.717) is 11.1 Å². The summed E-state index contributed by atoms with van der Waals surface area (Å²) in [6, 6.07) is 9.21. The monoisotopic (exact) mass is 227 g/mol. The molecule has 86 valence electrons. The van der Waals surface area contributed by atoms with Crippen LogP contribution in [0.2, 0.25) is 0 Å². The lowest BCUT2D eigenvalue weighted by Crippen LogP contribution is -2.25. The van der Waals surface area contributed by atoms with Crippen LogP contribution in [-0.4, -0.2) is 5.78 Å². The zero-order valence-corrected chi connectivity index (χ0v) is 9.81. The smallest absolute Gasteiger partial charge is 0.168 e. The molecule has 1 aromatic carbocycles. The Morgan fingerprint density at radius 3 is 2.53 bits per heavy atom. The summed E-state index contributed by atoms with van der Waals surface area (Å²) < 4.78 is 5.57. The van der Waals surface area contributed by atoms with Crippen molar-refractivity contribution in [1.29, 1.82) is 5.26 Å². The minimum Gasteiger partial charge on any atom is -0.492 e. The lowest BCUT2D eigenvalue weighted by atomic mass is 9.89. The van der Waals surface area contributed by atoms with Crippen molar-refractivity contribution in [3.63, 3.8) is 0 Å². The molecule has 3 nitrogen and oxygen atoms in total. The number of carbonyl (C=O) groups excluding carboxylic acids is 1. The van der Waals surface area contributed by atoms with Crippen LogP contribution in [0.15, 0.2) is 36.1 Å². The molecule has 0 N–H and O–H groups in total. The number of hydrogen-bond acceptors (Lipinski definition) is 3. The summed E-state index contributed by atoms with van der Waals surface area (Å²) >= 11 is 0. The van der Waals surface area contributed by atoms with E-state index in [0.717, 1.165) is 5.56 Å². The third-order valence-electron chi connectivity index (χ3n) is 3.02. The van der Waals surface area contributed by atoms with Gasteiger partial charge in [-0.3, -0.25) is 4.79 Å². The maximum atomic E-state index is 11.8. The molecule has 0 saturated heterocycles. The van der Waals surface area contributed by atoms with Crippen LogP contribution >= 0.6 is 0 Å². The van der Waals surface area contributed by atoms with Gasteiger partial charge in [0.05, 0.1) is 23.8 Å². The Labute approximate surface area is 100 Å². The van der Waals surface area contributed by atoms with Gasteiger partial charge in [0, 0.05) is 5.57 Å². The zero-order chi connectivity index (χ0) is 12.4. The highest BCUT2D eigenvalue weighted by Crippen LogP contribution is 2.32. The van der Waals surface area contributed by atoms with E-state index in [2.05, 4.69) is 6.07 Å². The Bertz CT molecular complexity index is 508. The quantitative estimate of drug-likeness (QED) is 0.741. The highest BCUT2D eigenvalue weighted by atomic mass is 16.5. The molecule has 0 aliphatic carbocycles. The predicted octanol–water partition coefficient (Wildman–Crippen LogP) is 2.74. The normalized spacial score (nSPS) is 23.6. The second-order valence-electron chi connectivity index (χ2n) is 4.24. The largest absolute Gasteiger partial charge is 0.492 e. The Balaban J connectivity index is 2.29. The molecule has 3 heteroatoms. The van der Waals surface area contributed by atoms with E-state index in [9.17, 15) is 4.79 Å². The van der Waals surface area contributed by atoms with Crippen LogP contribution in [0.5, 0.6) is 0 Å². The van der Waals surface area contributed by atoms with E-state index in [4.69, 9.17) is 10.00 Å². The second-order valence-corrected chi connectivity index (χ2v) is 4.24. The number of ether oxygens (including phenoxy) is 1. The number of nitrogens with zero attached hydrogens (tertiary/aromatic N) is 1. The van der Waals surface area contributed by atoms with Gasteiger partial charge in [-0.2, -0.15) is 5.26 Å². The van der Waals surface area contributed by atoms with Crippen molar-refractivity contribution < 1.29 is 9.53 Å². The van der Waals surface area contributed by atoms with Gasteiger partial charge in [0.1, 0.15) is 6.10 Å². The molecule has 1 aliphatic heterocycles. The zero-order valence-electron chi connectivity index (χ0n) is 9.81. The fourth-order valence-electron chi connectivity index (χ4n) is 1.96. The summed E-state index contributed by atoms with van der Waals surface area (Å²) in [7, 11) is 0. The van der Waals surface area contributed by atoms with Crippen molar-refractivity contribution in [3.8, 4) is 6.07 Å². The first-order chi connectivity index (χ1) is 8.13. The molecule has 1 heterocycles. The minimum absolute atomic E-state index is 0.116. The molecule has 0 saturated carbocycles.